The quantitative estimate of drug-likeness (QED) is 0.837. The minimum Gasteiger partial charge on any atom is -0.506 e. The fourth-order valence-corrected chi connectivity index (χ4v) is 2.00. The van der Waals surface area contributed by atoms with Gasteiger partial charge in [-0.1, -0.05) is 12.1 Å². The van der Waals surface area contributed by atoms with Crippen LogP contribution in [0.2, 0.25) is 0 Å². The molecule has 0 saturated heterocycles. The van der Waals surface area contributed by atoms with Crippen molar-refractivity contribution in [1.29, 1.82) is 0 Å². The Morgan fingerprint density at radius 2 is 2.19 bits per heavy atom. The number of nitrogens with zero attached hydrogens (tertiary/aromatic N) is 1. The minimum absolute atomic E-state index is 0.309. The molecule has 1 fully saturated rings. The molecule has 3 nitrogen and oxygen atoms in total. The molecule has 1 aliphatic carbocycles. The zero-order chi connectivity index (χ0) is 11.1. The van der Waals surface area contributed by atoms with Crippen LogP contribution in [0, 0.1) is 0 Å². The van der Waals surface area contributed by atoms with E-state index >= 15 is 0 Å². The predicted molar refractivity (Wildman–Crippen MR) is 61.9 cm³/mol. The van der Waals surface area contributed by atoms with Crippen molar-refractivity contribution in [3.05, 3.63) is 30.0 Å². The van der Waals surface area contributed by atoms with E-state index in [0.717, 1.165) is 35.2 Å². The maximum absolute atomic E-state index is 9.88. The number of methoxy groups -OCH3 is 1. The molecule has 0 amide bonds. The highest BCUT2D eigenvalue weighted by molar-refractivity contribution is 5.86. The van der Waals surface area contributed by atoms with Gasteiger partial charge in [0.15, 0.2) is 0 Å². The number of ether oxygens (including phenoxy) is 1. The molecule has 3 heteroatoms. The maximum atomic E-state index is 9.88. The van der Waals surface area contributed by atoms with Crippen LogP contribution < -0.4 is 4.74 Å². The van der Waals surface area contributed by atoms with Crippen LogP contribution in [-0.2, 0) is 0 Å². The number of fused-ring (bicyclic) bond motifs is 1. The zero-order valence-corrected chi connectivity index (χ0v) is 9.10. The van der Waals surface area contributed by atoms with Crippen molar-refractivity contribution in [1.82, 2.24) is 4.98 Å². The van der Waals surface area contributed by atoms with Crippen molar-refractivity contribution < 1.29 is 9.84 Å². The first-order chi connectivity index (χ1) is 7.79. The Hall–Kier alpha value is -1.77. The largest absolute Gasteiger partial charge is 0.506 e. The fourth-order valence-electron chi connectivity index (χ4n) is 2.00. The van der Waals surface area contributed by atoms with Gasteiger partial charge in [0.05, 0.1) is 12.8 Å². The number of aromatic hydroxyl groups is 1. The first-order valence-corrected chi connectivity index (χ1v) is 5.46. The molecule has 82 valence electrons. The first kappa shape index (κ1) is 9.46. The molecule has 1 heterocycles. The van der Waals surface area contributed by atoms with Gasteiger partial charge < -0.3 is 9.84 Å². The van der Waals surface area contributed by atoms with Crippen LogP contribution in [0.5, 0.6) is 11.5 Å². The first-order valence-electron chi connectivity index (χ1n) is 5.46. The standard InChI is InChI=1S/C13H13NO2/c1-16-11-4-2-3-9-7-10(15)12(8-5-6-8)14-13(9)11/h2-4,7-8,15H,5-6H2,1H3. The summed E-state index contributed by atoms with van der Waals surface area (Å²) in [5.74, 6) is 1.51. The summed E-state index contributed by atoms with van der Waals surface area (Å²) >= 11 is 0. The number of hydrogen-bond acceptors (Lipinski definition) is 3. The summed E-state index contributed by atoms with van der Waals surface area (Å²) in [5.41, 5.74) is 1.65. The predicted octanol–water partition coefficient (Wildman–Crippen LogP) is 2.83. The Morgan fingerprint density at radius 3 is 2.88 bits per heavy atom. The van der Waals surface area contributed by atoms with Crippen molar-refractivity contribution in [3.8, 4) is 11.5 Å². The normalized spacial score (nSPS) is 15.3. The molecule has 1 aliphatic rings. The Labute approximate surface area is 93.7 Å². The van der Waals surface area contributed by atoms with Crippen molar-refractivity contribution in [2.24, 2.45) is 0 Å². The van der Waals surface area contributed by atoms with Crippen LogP contribution in [0.3, 0.4) is 0 Å². The van der Waals surface area contributed by atoms with Crippen molar-refractivity contribution >= 4 is 10.9 Å². The van der Waals surface area contributed by atoms with Gasteiger partial charge in [0.25, 0.3) is 0 Å². The molecule has 3 rings (SSSR count). The number of hydrogen-bond donors (Lipinski definition) is 1. The van der Waals surface area contributed by atoms with Crippen LogP contribution in [0.1, 0.15) is 24.5 Å². The van der Waals surface area contributed by atoms with Gasteiger partial charge in [-0.2, -0.15) is 0 Å². The number of aromatic nitrogens is 1. The summed E-state index contributed by atoms with van der Waals surface area (Å²) in [4.78, 5) is 4.53. The summed E-state index contributed by atoms with van der Waals surface area (Å²) in [5, 5.41) is 10.8. The average molecular weight is 215 g/mol. The number of rotatable bonds is 2. The van der Waals surface area contributed by atoms with E-state index in [2.05, 4.69) is 4.98 Å². The van der Waals surface area contributed by atoms with Gasteiger partial charge >= 0.3 is 0 Å². The van der Waals surface area contributed by atoms with Crippen molar-refractivity contribution in [2.75, 3.05) is 7.11 Å². The molecular formula is C13H13NO2. The third kappa shape index (κ3) is 1.40. The summed E-state index contributed by atoms with van der Waals surface area (Å²) in [6.45, 7) is 0. The summed E-state index contributed by atoms with van der Waals surface area (Å²) < 4.78 is 5.28. The van der Waals surface area contributed by atoms with Gasteiger partial charge in [-0.3, -0.25) is 0 Å². The van der Waals surface area contributed by atoms with Crippen LogP contribution in [0.4, 0.5) is 0 Å². The maximum Gasteiger partial charge on any atom is 0.145 e. The second-order valence-corrected chi connectivity index (χ2v) is 4.20. The Kier molecular flexibility index (Phi) is 1.99. The van der Waals surface area contributed by atoms with E-state index < -0.39 is 0 Å². The van der Waals surface area contributed by atoms with Crippen LogP contribution in [0.15, 0.2) is 24.3 Å². The summed E-state index contributed by atoms with van der Waals surface area (Å²) in [6, 6.07) is 7.50. The molecule has 0 aliphatic heterocycles. The lowest BCUT2D eigenvalue weighted by atomic mass is 10.1. The highest BCUT2D eigenvalue weighted by Crippen LogP contribution is 2.44. The topological polar surface area (TPSA) is 42.4 Å². The molecule has 1 N–H and O–H groups in total. The molecule has 0 bridgehead atoms. The third-order valence-corrected chi connectivity index (χ3v) is 3.00. The molecule has 1 saturated carbocycles. The van der Waals surface area contributed by atoms with Crippen LogP contribution in [0.25, 0.3) is 10.9 Å². The molecule has 0 unspecified atom stereocenters. The second-order valence-electron chi connectivity index (χ2n) is 4.20. The lowest BCUT2D eigenvalue weighted by Gasteiger charge is -2.08. The molecule has 16 heavy (non-hydrogen) atoms. The van der Waals surface area contributed by atoms with Gasteiger partial charge in [-0.25, -0.2) is 4.98 Å². The second kappa shape index (κ2) is 3.37. The Balaban J connectivity index is 2.27. The van der Waals surface area contributed by atoms with Crippen LogP contribution >= 0.6 is 0 Å². The summed E-state index contributed by atoms with van der Waals surface area (Å²) in [6.07, 6.45) is 2.25. The monoisotopic (exact) mass is 215 g/mol. The van der Waals surface area contributed by atoms with Gasteiger partial charge in [-0.15, -0.1) is 0 Å². The van der Waals surface area contributed by atoms with E-state index in [4.69, 9.17) is 4.74 Å². The van der Waals surface area contributed by atoms with Gasteiger partial charge in [0.2, 0.25) is 0 Å². The fraction of sp³-hybridized carbons (Fsp3) is 0.308. The lowest BCUT2D eigenvalue weighted by molar-refractivity contribution is 0.418. The molecule has 2 aromatic rings. The molecular weight excluding hydrogens is 202 g/mol. The minimum atomic E-state index is 0.309. The van der Waals surface area contributed by atoms with E-state index in [1.54, 1.807) is 13.2 Å². The Morgan fingerprint density at radius 1 is 1.38 bits per heavy atom. The number of benzene rings is 1. The smallest absolute Gasteiger partial charge is 0.145 e. The molecule has 1 aromatic heterocycles. The molecule has 0 radical (unpaired) electrons. The van der Waals surface area contributed by atoms with E-state index in [-0.39, 0.29) is 0 Å². The molecule has 1 aromatic carbocycles. The number of pyridine rings is 1. The number of para-hydroxylation sites is 1. The SMILES string of the molecule is COc1cccc2cc(O)c(C3CC3)nc12. The van der Waals surface area contributed by atoms with Crippen molar-refractivity contribution in [2.45, 2.75) is 18.8 Å². The van der Waals surface area contributed by atoms with E-state index in [1.807, 2.05) is 18.2 Å². The highest BCUT2D eigenvalue weighted by atomic mass is 16.5. The van der Waals surface area contributed by atoms with E-state index in [1.165, 1.54) is 0 Å². The molecule has 0 spiro atoms. The average Bonchev–Trinajstić information content (AvgIpc) is 3.11. The molecule has 0 atom stereocenters. The summed E-state index contributed by atoms with van der Waals surface area (Å²) in [7, 11) is 1.64. The van der Waals surface area contributed by atoms with Crippen molar-refractivity contribution in [3.63, 3.8) is 0 Å². The van der Waals surface area contributed by atoms with Gasteiger partial charge in [-0.05, 0) is 25.0 Å². The third-order valence-electron chi connectivity index (χ3n) is 3.00. The van der Waals surface area contributed by atoms with Gasteiger partial charge in [0.1, 0.15) is 17.0 Å². The highest BCUT2D eigenvalue weighted by Gasteiger charge is 2.28. The van der Waals surface area contributed by atoms with E-state index in [0.29, 0.717) is 11.7 Å². The van der Waals surface area contributed by atoms with Gasteiger partial charge in [0, 0.05) is 11.3 Å². The van der Waals surface area contributed by atoms with Crippen LogP contribution in [-0.4, -0.2) is 17.2 Å². The lowest BCUT2D eigenvalue weighted by Crippen LogP contribution is -1.92. The Bertz CT molecular complexity index is 547. The van der Waals surface area contributed by atoms with E-state index in [9.17, 15) is 5.11 Å². The zero-order valence-electron chi connectivity index (χ0n) is 9.10.